The van der Waals surface area contributed by atoms with Crippen LogP contribution in [0.2, 0.25) is 0 Å². The zero-order chi connectivity index (χ0) is 44.1. The van der Waals surface area contributed by atoms with Gasteiger partial charge in [-0.3, -0.25) is 38.5 Å². The Morgan fingerprint density at radius 2 is 1.16 bits per heavy atom. The Bertz CT molecular complexity index is 2160. The van der Waals surface area contributed by atoms with Crippen molar-refractivity contribution in [2.75, 3.05) is 26.2 Å². The van der Waals surface area contributed by atoms with Crippen LogP contribution in [-0.2, 0) is 43.1 Å². The Morgan fingerprint density at radius 1 is 0.689 bits per heavy atom. The second-order valence-corrected chi connectivity index (χ2v) is 19.8. The number of nitrogens with zero attached hydrogens (tertiary/aromatic N) is 4. The number of ether oxygens (including phenoxy) is 1. The van der Waals surface area contributed by atoms with Gasteiger partial charge in [-0.15, -0.1) is 23.5 Å². The topological polar surface area (TPSA) is 224 Å². The highest BCUT2D eigenvalue weighted by Crippen LogP contribution is 2.52. The van der Waals surface area contributed by atoms with E-state index < -0.39 is 110 Å². The minimum Gasteiger partial charge on any atom is -0.464 e. The number of rotatable bonds is 12. The first kappa shape index (κ1) is 43.5. The van der Waals surface area contributed by atoms with Crippen molar-refractivity contribution in [3.8, 4) is 0 Å². The van der Waals surface area contributed by atoms with Crippen molar-refractivity contribution in [2.24, 2.45) is 0 Å². The van der Waals surface area contributed by atoms with E-state index in [2.05, 4.69) is 21.3 Å². The number of nitrogens with one attached hydrogen (secondary N) is 4. The molecule has 5 aliphatic rings. The number of thioether (sulfide) groups is 2. The Morgan fingerprint density at radius 3 is 1.66 bits per heavy atom. The number of piperazine rings is 1. The molecular formula is C41H48N8O10S2. The van der Waals surface area contributed by atoms with Gasteiger partial charge in [0.05, 0.1) is 6.61 Å². The molecule has 0 aromatic heterocycles. The van der Waals surface area contributed by atoms with Crippen molar-refractivity contribution in [3.05, 3.63) is 71.8 Å². The van der Waals surface area contributed by atoms with Gasteiger partial charge >= 0.3 is 23.8 Å². The fourth-order valence-electron chi connectivity index (χ4n) is 8.48. The summed E-state index contributed by atoms with van der Waals surface area (Å²) in [5, 5.41) is 9.69. The van der Waals surface area contributed by atoms with Gasteiger partial charge in [0.2, 0.25) is 29.5 Å². The Kier molecular flexibility index (Phi) is 11.9. The molecule has 2 aromatic rings. The molecule has 9 amide bonds. The Balaban J connectivity index is 1.04. The summed E-state index contributed by atoms with van der Waals surface area (Å²) in [5.41, 5.74) is 0.781. The monoisotopic (exact) mass is 876 g/mol. The zero-order valence-electron chi connectivity index (χ0n) is 34.4. The van der Waals surface area contributed by atoms with E-state index in [0.29, 0.717) is 17.7 Å². The lowest BCUT2D eigenvalue weighted by Gasteiger charge is -2.45. The van der Waals surface area contributed by atoms with Crippen molar-refractivity contribution < 1.29 is 47.9 Å². The van der Waals surface area contributed by atoms with Gasteiger partial charge in [-0.25, -0.2) is 9.59 Å². The summed E-state index contributed by atoms with van der Waals surface area (Å²) in [4.78, 5) is 126. The predicted octanol–water partition coefficient (Wildman–Crippen LogP) is 0.643. The third-order valence-corrected chi connectivity index (χ3v) is 14.7. The second-order valence-electron chi connectivity index (χ2n) is 16.2. The maximum absolute atomic E-state index is 14.3. The first-order valence-electron chi connectivity index (χ1n) is 20.0. The summed E-state index contributed by atoms with van der Waals surface area (Å²) in [6, 6.07) is 9.10. The van der Waals surface area contributed by atoms with Crippen LogP contribution in [-0.4, -0.2) is 144 Å². The molecule has 5 fully saturated rings. The average molecular weight is 877 g/mol. The van der Waals surface area contributed by atoms with Crippen molar-refractivity contribution >= 4 is 76.9 Å². The van der Waals surface area contributed by atoms with E-state index in [-0.39, 0.29) is 19.7 Å². The Labute approximate surface area is 360 Å². The molecule has 0 aliphatic carbocycles. The highest BCUT2D eigenvalue weighted by Gasteiger charge is 2.66. The lowest BCUT2D eigenvalue weighted by atomic mass is 9.93. The van der Waals surface area contributed by atoms with Crippen LogP contribution in [0.15, 0.2) is 60.7 Å². The summed E-state index contributed by atoms with van der Waals surface area (Å²) in [6.45, 7) is 11.1. The lowest BCUT2D eigenvalue weighted by molar-refractivity contribution is -0.164. The maximum atomic E-state index is 14.3. The van der Waals surface area contributed by atoms with Gasteiger partial charge in [-0.1, -0.05) is 60.7 Å². The van der Waals surface area contributed by atoms with Crippen LogP contribution >= 0.6 is 23.5 Å². The van der Waals surface area contributed by atoms with E-state index in [1.54, 1.807) is 88.4 Å². The highest BCUT2D eigenvalue weighted by molar-refractivity contribution is 8.02. The Hall–Kier alpha value is -5.63. The number of carbonyl (C=O) groups is 9. The number of fused-ring (bicyclic) bond motifs is 2. The molecule has 324 valence electrons. The van der Waals surface area contributed by atoms with Crippen LogP contribution in [0.25, 0.3) is 0 Å². The normalized spacial score (nSPS) is 26.9. The average Bonchev–Trinajstić information content (AvgIpc) is 3.65. The number of hydrogen-bond acceptors (Lipinski definition) is 12. The lowest BCUT2D eigenvalue weighted by Crippen LogP contribution is -2.72. The van der Waals surface area contributed by atoms with Crippen LogP contribution in [0.1, 0.15) is 64.8 Å². The van der Waals surface area contributed by atoms with Crippen LogP contribution in [0.4, 0.5) is 4.79 Å². The van der Waals surface area contributed by atoms with E-state index in [1.807, 2.05) is 13.8 Å². The molecule has 8 atom stereocenters. The number of hydrogen-bond donors (Lipinski definition) is 4. The summed E-state index contributed by atoms with van der Waals surface area (Å²) in [6.07, 6.45) is 0. The molecule has 5 aliphatic heterocycles. The first-order chi connectivity index (χ1) is 28.9. The fraction of sp³-hybridized carbons (Fsp3) is 0.488. The van der Waals surface area contributed by atoms with Crippen molar-refractivity contribution in [2.45, 2.75) is 98.0 Å². The number of benzene rings is 2. The van der Waals surface area contributed by atoms with E-state index in [1.165, 1.54) is 38.2 Å². The third-order valence-electron chi connectivity index (χ3n) is 11.5. The predicted molar refractivity (Wildman–Crippen MR) is 222 cm³/mol. The van der Waals surface area contributed by atoms with Gasteiger partial charge in [0.25, 0.3) is 0 Å². The molecule has 2 unspecified atom stereocenters. The van der Waals surface area contributed by atoms with E-state index in [4.69, 9.17) is 4.74 Å². The van der Waals surface area contributed by atoms with Gasteiger partial charge < -0.3 is 40.7 Å². The van der Waals surface area contributed by atoms with Gasteiger partial charge in [-0.05, 0) is 52.7 Å². The van der Waals surface area contributed by atoms with Gasteiger partial charge in [0.15, 0.2) is 0 Å². The van der Waals surface area contributed by atoms with E-state index in [9.17, 15) is 43.2 Å². The molecule has 5 saturated heterocycles. The molecule has 18 nitrogen and oxygen atoms in total. The molecule has 5 heterocycles. The molecule has 4 N–H and O–H groups in total. The molecular weight excluding hydrogens is 829 g/mol. The second kappa shape index (κ2) is 16.7. The third kappa shape index (κ3) is 7.79. The summed E-state index contributed by atoms with van der Waals surface area (Å²) in [7, 11) is 0. The van der Waals surface area contributed by atoms with Crippen LogP contribution < -0.4 is 21.3 Å². The molecule has 61 heavy (non-hydrogen) atoms. The molecule has 7 rings (SSSR count). The summed E-state index contributed by atoms with van der Waals surface area (Å²) >= 11 is 2.66. The van der Waals surface area contributed by atoms with Crippen molar-refractivity contribution in [3.63, 3.8) is 0 Å². The van der Waals surface area contributed by atoms with Gasteiger partial charge in [0, 0.05) is 29.1 Å². The van der Waals surface area contributed by atoms with Crippen LogP contribution in [0, 0.1) is 0 Å². The van der Waals surface area contributed by atoms with Crippen molar-refractivity contribution in [1.29, 1.82) is 0 Å². The highest BCUT2D eigenvalue weighted by atomic mass is 32.2. The quantitative estimate of drug-likeness (QED) is 0.131. The van der Waals surface area contributed by atoms with E-state index in [0.717, 1.165) is 4.90 Å². The smallest absolute Gasteiger partial charge is 0.330 e. The number of carbonyl (C=O) groups excluding carboxylic acids is 9. The zero-order valence-corrected chi connectivity index (χ0v) is 36.0. The minimum atomic E-state index is -1.36. The molecule has 2 aromatic carbocycles. The van der Waals surface area contributed by atoms with Crippen molar-refractivity contribution in [1.82, 2.24) is 40.9 Å². The number of urea groups is 1. The molecule has 0 bridgehead atoms. The summed E-state index contributed by atoms with van der Waals surface area (Å²) < 4.78 is 3.64. The number of esters is 1. The molecule has 0 saturated carbocycles. The minimum absolute atomic E-state index is 0.0692. The summed E-state index contributed by atoms with van der Waals surface area (Å²) in [5.74, 6) is -5.45. The number of β-lactam (4-membered cyclic amide) rings is 2. The maximum Gasteiger partial charge on any atom is 0.330 e. The SMILES string of the molecule is CCOC(=O)[C@@H]1N2C(=O)[C@@H](NC(=O)[C@H](NC(=O)[C@@H]3N4C(=O)[C@@H](NC(=O)[C@H](NC(=O)N5CCN(CC)C(=O)C5=O)c5ccccc5)C4SC3(C)C)c3ccccc3)C2SC1(C)C. The molecule has 0 spiro atoms. The van der Waals surface area contributed by atoms with Gasteiger partial charge in [-0.2, -0.15) is 0 Å². The number of amides is 9. The first-order valence-corrected chi connectivity index (χ1v) is 21.8. The largest absolute Gasteiger partial charge is 0.464 e. The molecule has 20 heteroatoms. The van der Waals surface area contributed by atoms with Gasteiger partial charge in [0.1, 0.15) is 47.0 Å². The van der Waals surface area contributed by atoms with E-state index >= 15 is 0 Å². The van der Waals surface area contributed by atoms with Crippen LogP contribution in [0.3, 0.4) is 0 Å². The van der Waals surface area contributed by atoms with Crippen LogP contribution in [0.5, 0.6) is 0 Å². The number of likely N-dealkylation sites (N-methyl/N-ethyl adjacent to an activating group) is 1. The molecule has 0 radical (unpaired) electrons. The fourth-order valence-corrected chi connectivity index (χ4v) is 11.7. The standard InChI is InChI=1S/C41H48N8O10S2/c1-7-46-19-20-47(35(56)34(46)55)39(58)45-24(22-17-13-10-14-18-22)30(51)44-25-32(53)48-27(40(3,4)60-36(25)48)31(52)42-23(21-15-11-9-12-16-21)29(50)43-26-33(54)49-28(38(57)59-8-2)41(5,6)61-37(26)49/h9-18,23-28,36-37H,7-8,19-20H2,1-6H3,(H,42,52)(H,43,50)(H,44,51)(H,45,58)/t23-,24-,25-,26-,27+,28+,36?,37?/m1/s1. The number of imide groups is 1.